The van der Waals surface area contributed by atoms with Gasteiger partial charge in [0, 0.05) is 20.1 Å². The highest BCUT2D eigenvalue weighted by atomic mass is 32.2. The monoisotopic (exact) mass is 262 g/mol. The van der Waals surface area contributed by atoms with Gasteiger partial charge in [-0.05, 0) is 11.4 Å². The maximum Gasteiger partial charge on any atom is 0.252 e. The molecule has 0 saturated carbocycles. The van der Waals surface area contributed by atoms with Crippen LogP contribution in [0.3, 0.4) is 0 Å². The topological polar surface area (TPSA) is 69.6 Å². The smallest absolute Gasteiger partial charge is 0.252 e. The molecule has 2 N–H and O–H groups in total. The summed E-state index contributed by atoms with van der Waals surface area (Å²) in [5.74, 6) is 0. The number of β-amino-alcohol motifs (C(OH)–C–C–N with tert-alkyl or cyclic N) is 1. The van der Waals surface area contributed by atoms with E-state index in [1.54, 1.807) is 17.5 Å². The SMILES string of the molecule is CN([C@H]1CNC[C@@H]1O)S(=O)(=O)c1cccs1. The van der Waals surface area contributed by atoms with Crippen molar-refractivity contribution in [3.8, 4) is 0 Å². The van der Waals surface area contributed by atoms with Gasteiger partial charge in [-0.1, -0.05) is 6.07 Å². The van der Waals surface area contributed by atoms with Crippen molar-refractivity contribution in [3.05, 3.63) is 17.5 Å². The Bertz CT molecular complexity index is 443. The molecule has 0 aromatic carbocycles. The average molecular weight is 262 g/mol. The first-order valence-corrected chi connectivity index (χ1v) is 7.26. The fourth-order valence-corrected chi connectivity index (χ4v) is 4.31. The molecule has 1 aliphatic heterocycles. The third-order valence-electron chi connectivity index (χ3n) is 2.75. The second kappa shape index (κ2) is 4.42. The van der Waals surface area contributed by atoms with Crippen LogP contribution in [0.15, 0.2) is 21.7 Å². The lowest BCUT2D eigenvalue weighted by molar-refractivity contribution is 0.136. The molecule has 1 fully saturated rings. The first-order valence-electron chi connectivity index (χ1n) is 4.94. The Hall–Kier alpha value is -0.470. The molecular formula is C9H14N2O3S2. The van der Waals surface area contributed by atoms with E-state index in [0.717, 1.165) is 0 Å². The van der Waals surface area contributed by atoms with E-state index in [4.69, 9.17) is 0 Å². The van der Waals surface area contributed by atoms with Gasteiger partial charge in [-0.15, -0.1) is 11.3 Å². The minimum absolute atomic E-state index is 0.314. The molecule has 2 atom stereocenters. The summed E-state index contributed by atoms with van der Waals surface area (Å²) >= 11 is 1.19. The molecule has 0 unspecified atom stereocenters. The van der Waals surface area contributed by atoms with Gasteiger partial charge in [0.1, 0.15) is 4.21 Å². The highest BCUT2D eigenvalue weighted by Crippen LogP contribution is 2.23. The first-order chi connectivity index (χ1) is 7.53. The maximum atomic E-state index is 12.1. The number of likely N-dealkylation sites (N-methyl/N-ethyl adjacent to an activating group) is 1. The Labute approximate surface area is 98.8 Å². The molecule has 0 amide bonds. The van der Waals surface area contributed by atoms with E-state index >= 15 is 0 Å². The van der Waals surface area contributed by atoms with Crippen LogP contribution in [0.1, 0.15) is 0 Å². The normalized spacial score (nSPS) is 26.4. The summed E-state index contributed by atoms with van der Waals surface area (Å²) < 4.78 is 25.8. The van der Waals surface area contributed by atoms with Crippen LogP contribution in [0, 0.1) is 0 Å². The van der Waals surface area contributed by atoms with Crippen LogP contribution in [0.2, 0.25) is 0 Å². The molecule has 7 heteroatoms. The van der Waals surface area contributed by atoms with Crippen molar-refractivity contribution < 1.29 is 13.5 Å². The summed E-state index contributed by atoms with van der Waals surface area (Å²) in [4.78, 5) is 0. The zero-order chi connectivity index (χ0) is 11.8. The van der Waals surface area contributed by atoms with Crippen LogP contribution < -0.4 is 5.32 Å². The highest BCUT2D eigenvalue weighted by molar-refractivity contribution is 7.91. The van der Waals surface area contributed by atoms with Crippen molar-refractivity contribution >= 4 is 21.4 Å². The second-order valence-corrected chi connectivity index (χ2v) is 6.92. The lowest BCUT2D eigenvalue weighted by Crippen LogP contribution is -2.43. The molecule has 5 nitrogen and oxygen atoms in total. The van der Waals surface area contributed by atoms with Gasteiger partial charge in [-0.3, -0.25) is 0 Å². The minimum Gasteiger partial charge on any atom is -0.390 e. The molecule has 90 valence electrons. The van der Waals surface area contributed by atoms with Gasteiger partial charge >= 0.3 is 0 Å². The van der Waals surface area contributed by atoms with Crippen molar-refractivity contribution in [3.63, 3.8) is 0 Å². The highest BCUT2D eigenvalue weighted by Gasteiger charge is 2.35. The summed E-state index contributed by atoms with van der Waals surface area (Å²) in [5.41, 5.74) is 0. The molecule has 2 heterocycles. The van der Waals surface area contributed by atoms with Gasteiger partial charge in [0.15, 0.2) is 0 Å². The zero-order valence-electron chi connectivity index (χ0n) is 8.83. The zero-order valence-corrected chi connectivity index (χ0v) is 10.5. The Kier molecular flexibility index (Phi) is 3.32. The molecule has 1 aromatic rings. The van der Waals surface area contributed by atoms with Gasteiger partial charge < -0.3 is 10.4 Å². The van der Waals surface area contributed by atoms with Gasteiger partial charge in [-0.2, -0.15) is 4.31 Å². The Balaban J connectivity index is 2.24. The number of hydrogen-bond acceptors (Lipinski definition) is 5. The summed E-state index contributed by atoms with van der Waals surface area (Å²) in [6, 6.07) is 2.90. The predicted octanol–water partition coefficient (Wildman–Crippen LogP) is -0.299. The largest absolute Gasteiger partial charge is 0.390 e. The van der Waals surface area contributed by atoms with E-state index in [1.165, 1.54) is 22.7 Å². The van der Waals surface area contributed by atoms with Gasteiger partial charge in [0.05, 0.1) is 12.1 Å². The molecule has 0 aliphatic carbocycles. The minimum atomic E-state index is -3.46. The van der Waals surface area contributed by atoms with Gasteiger partial charge in [-0.25, -0.2) is 8.42 Å². The molecule has 0 bridgehead atoms. The number of aliphatic hydroxyl groups excluding tert-OH is 1. The van der Waals surface area contributed by atoms with E-state index < -0.39 is 16.1 Å². The molecule has 2 rings (SSSR count). The fraction of sp³-hybridized carbons (Fsp3) is 0.556. The molecule has 1 saturated heterocycles. The Morgan fingerprint density at radius 1 is 1.56 bits per heavy atom. The van der Waals surface area contributed by atoms with Crippen molar-refractivity contribution in [2.24, 2.45) is 0 Å². The van der Waals surface area contributed by atoms with Crippen molar-refractivity contribution in [1.29, 1.82) is 0 Å². The molecule has 1 aliphatic rings. The van der Waals surface area contributed by atoms with E-state index in [2.05, 4.69) is 5.32 Å². The van der Waals surface area contributed by atoms with E-state index in [-0.39, 0.29) is 6.04 Å². The number of rotatable bonds is 3. The number of hydrogen-bond donors (Lipinski definition) is 2. The fourth-order valence-electron chi connectivity index (χ4n) is 1.75. The Morgan fingerprint density at radius 2 is 2.31 bits per heavy atom. The van der Waals surface area contributed by atoms with Crippen LogP contribution in [-0.4, -0.2) is 50.1 Å². The third-order valence-corrected chi connectivity index (χ3v) is 6.00. The summed E-state index contributed by atoms with van der Waals surface area (Å²) in [5, 5.41) is 14.3. The summed E-state index contributed by atoms with van der Waals surface area (Å²) in [6.07, 6.45) is -0.639. The van der Waals surface area contributed by atoms with E-state index in [1.807, 2.05) is 0 Å². The number of nitrogens with zero attached hydrogens (tertiary/aromatic N) is 1. The van der Waals surface area contributed by atoms with Crippen LogP contribution >= 0.6 is 11.3 Å². The molecular weight excluding hydrogens is 248 g/mol. The number of thiophene rings is 1. The van der Waals surface area contributed by atoms with Gasteiger partial charge in [0.25, 0.3) is 10.0 Å². The molecule has 16 heavy (non-hydrogen) atoms. The standard InChI is InChI=1S/C9H14N2O3S2/c1-11(7-5-10-6-8(7)12)16(13,14)9-3-2-4-15-9/h2-4,7-8,10,12H,5-6H2,1H3/t7-,8-/m0/s1. The third kappa shape index (κ3) is 2.01. The lowest BCUT2D eigenvalue weighted by Gasteiger charge is -2.24. The Morgan fingerprint density at radius 3 is 2.81 bits per heavy atom. The number of aliphatic hydroxyl groups is 1. The summed E-state index contributed by atoms with van der Waals surface area (Å²) in [6.45, 7) is 0.928. The lowest BCUT2D eigenvalue weighted by atomic mass is 10.2. The number of nitrogens with one attached hydrogen (secondary N) is 1. The van der Waals surface area contributed by atoms with Crippen LogP contribution in [0.4, 0.5) is 0 Å². The second-order valence-electron chi connectivity index (χ2n) is 3.75. The molecule has 1 aromatic heterocycles. The average Bonchev–Trinajstić information content (AvgIpc) is 2.86. The first kappa shape index (κ1) is 12.0. The van der Waals surface area contributed by atoms with Crippen LogP contribution in [0.5, 0.6) is 0 Å². The van der Waals surface area contributed by atoms with Gasteiger partial charge in [0.2, 0.25) is 0 Å². The molecule has 0 spiro atoms. The van der Waals surface area contributed by atoms with Crippen molar-refractivity contribution in [2.45, 2.75) is 16.4 Å². The quantitative estimate of drug-likeness (QED) is 0.785. The van der Waals surface area contributed by atoms with Crippen LogP contribution in [-0.2, 0) is 10.0 Å². The van der Waals surface area contributed by atoms with E-state index in [0.29, 0.717) is 17.3 Å². The molecule has 0 radical (unpaired) electrons. The summed E-state index contributed by atoms with van der Waals surface area (Å²) in [7, 11) is -1.95. The maximum absolute atomic E-state index is 12.1. The predicted molar refractivity (Wildman–Crippen MR) is 61.9 cm³/mol. The van der Waals surface area contributed by atoms with Crippen molar-refractivity contribution in [2.75, 3.05) is 20.1 Å². The number of sulfonamides is 1. The van der Waals surface area contributed by atoms with Crippen LogP contribution in [0.25, 0.3) is 0 Å². The van der Waals surface area contributed by atoms with E-state index in [9.17, 15) is 13.5 Å². The van der Waals surface area contributed by atoms with Crippen molar-refractivity contribution in [1.82, 2.24) is 9.62 Å².